The van der Waals surface area contributed by atoms with Crippen molar-refractivity contribution in [3.05, 3.63) is 88.6 Å². The summed E-state index contributed by atoms with van der Waals surface area (Å²) in [5.41, 5.74) is 6.28. The Kier molecular flexibility index (Phi) is 6.15. The number of hydrogen-bond donors (Lipinski definition) is 1. The van der Waals surface area contributed by atoms with Crippen LogP contribution in [0.1, 0.15) is 16.0 Å². The topological polar surface area (TPSA) is 59.4 Å². The van der Waals surface area contributed by atoms with Crippen LogP contribution in [-0.4, -0.2) is 22.7 Å². The number of halogens is 1. The fourth-order valence-corrected chi connectivity index (χ4v) is 6.23. The first kappa shape index (κ1) is 21.7. The molecule has 1 N–H and O–H groups in total. The van der Waals surface area contributed by atoms with Crippen LogP contribution in [0.2, 0.25) is 0 Å². The molecule has 0 fully saturated rings. The Morgan fingerprint density at radius 1 is 1.03 bits per heavy atom. The van der Waals surface area contributed by atoms with E-state index in [1.807, 2.05) is 42.5 Å². The van der Waals surface area contributed by atoms with E-state index in [0.29, 0.717) is 5.75 Å². The molecule has 7 heteroatoms. The second kappa shape index (κ2) is 9.37. The lowest BCUT2D eigenvalue weighted by molar-refractivity contribution is -0.139. The van der Waals surface area contributed by atoms with Crippen molar-refractivity contribution < 1.29 is 19.0 Å². The summed E-state index contributed by atoms with van der Waals surface area (Å²) < 4.78 is 19.9. The second-order valence-corrected chi connectivity index (χ2v) is 9.98. The maximum atomic E-state index is 13.3. The van der Waals surface area contributed by atoms with E-state index in [-0.39, 0.29) is 12.4 Å². The Morgan fingerprint density at radius 3 is 2.64 bits per heavy atom. The predicted octanol–water partition coefficient (Wildman–Crippen LogP) is 6.47. The van der Waals surface area contributed by atoms with Crippen LogP contribution < -0.4 is 4.74 Å². The average Bonchev–Trinajstić information content (AvgIpc) is 3.26. The summed E-state index contributed by atoms with van der Waals surface area (Å²) in [6, 6.07) is 20.5. The number of carbonyl (C=O) groups is 1. The molecule has 33 heavy (non-hydrogen) atoms. The highest BCUT2D eigenvalue weighted by Crippen LogP contribution is 2.43. The number of rotatable bonds is 7. The number of aryl methyl sites for hydroxylation is 1. The van der Waals surface area contributed by atoms with E-state index in [0.717, 1.165) is 50.9 Å². The highest BCUT2D eigenvalue weighted by Gasteiger charge is 2.24. The largest absolute Gasteiger partial charge is 0.482 e. The molecule has 4 aromatic rings. The van der Waals surface area contributed by atoms with Gasteiger partial charge in [0, 0.05) is 21.8 Å². The molecule has 1 heterocycles. The highest BCUT2D eigenvalue weighted by molar-refractivity contribution is 8.00. The molecule has 3 aromatic carbocycles. The lowest BCUT2D eigenvalue weighted by atomic mass is 9.93. The van der Waals surface area contributed by atoms with Crippen LogP contribution in [0.3, 0.4) is 0 Å². The highest BCUT2D eigenvalue weighted by atomic mass is 32.2. The van der Waals surface area contributed by atoms with Gasteiger partial charge in [-0.25, -0.2) is 14.2 Å². The molecule has 4 nitrogen and oxygen atoms in total. The quantitative estimate of drug-likeness (QED) is 0.309. The van der Waals surface area contributed by atoms with Crippen LogP contribution in [0.15, 0.2) is 71.1 Å². The van der Waals surface area contributed by atoms with Crippen LogP contribution in [0.5, 0.6) is 5.75 Å². The summed E-state index contributed by atoms with van der Waals surface area (Å²) in [6.45, 7) is -0.352. The zero-order valence-electron chi connectivity index (χ0n) is 17.6. The Balaban J connectivity index is 1.37. The Labute approximate surface area is 199 Å². The van der Waals surface area contributed by atoms with Gasteiger partial charge in [-0.15, -0.1) is 11.3 Å². The first-order valence-electron chi connectivity index (χ1n) is 10.5. The standard InChI is InChI=1S/C26H20FNO3S2/c27-18-10-8-16(9-11-18)19-5-2-1-4-17(19)15-32-26-28-25-21-6-3-7-22(31-14-24(29)30)20(21)12-13-23(25)33-26/h1-11H,12-15H2,(H,29,30). The van der Waals surface area contributed by atoms with Gasteiger partial charge in [0.2, 0.25) is 0 Å². The molecule has 5 rings (SSSR count). The van der Waals surface area contributed by atoms with Crippen molar-refractivity contribution in [2.75, 3.05) is 6.61 Å². The molecule has 0 radical (unpaired) electrons. The molecule has 0 atom stereocenters. The van der Waals surface area contributed by atoms with Crippen LogP contribution in [-0.2, 0) is 23.4 Å². The number of nitrogens with zero attached hydrogens (tertiary/aromatic N) is 1. The van der Waals surface area contributed by atoms with E-state index in [1.54, 1.807) is 23.1 Å². The number of hydrogen-bond acceptors (Lipinski definition) is 5. The van der Waals surface area contributed by atoms with E-state index < -0.39 is 5.97 Å². The fourth-order valence-electron chi connectivity index (χ4n) is 4.03. The van der Waals surface area contributed by atoms with Crippen LogP contribution in [0.25, 0.3) is 22.4 Å². The molecule has 1 aromatic heterocycles. The van der Waals surface area contributed by atoms with Gasteiger partial charge >= 0.3 is 5.97 Å². The smallest absolute Gasteiger partial charge is 0.341 e. The molecule has 0 saturated carbocycles. The number of carboxylic acid groups (broad SMARTS) is 1. The van der Waals surface area contributed by atoms with Crippen molar-refractivity contribution in [3.63, 3.8) is 0 Å². The number of thiazole rings is 1. The van der Waals surface area contributed by atoms with Gasteiger partial charge in [-0.2, -0.15) is 0 Å². The summed E-state index contributed by atoms with van der Waals surface area (Å²) in [4.78, 5) is 17.1. The summed E-state index contributed by atoms with van der Waals surface area (Å²) in [5.74, 6) is 0.151. The molecule has 0 aliphatic heterocycles. The molecule has 1 aliphatic rings. The summed E-state index contributed by atoms with van der Waals surface area (Å²) in [5, 5.41) is 8.94. The summed E-state index contributed by atoms with van der Waals surface area (Å²) in [7, 11) is 0. The van der Waals surface area contributed by atoms with E-state index >= 15 is 0 Å². The number of fused-ring (bicyclic) bond motifs is 3. The molecule has 0 spiro atoms. The van der Waals surface area contributed by atoms with Gasteiger partial charge in [0.1, 0.15) is 11.6 Å². The number of thioether (sulfide) groups is 1. The third-order valence-electron chi connectivity index (χ3n) is 5.54. The Morgan fingerprint density at radius 2 is 1.82 bits per heavy atom. The van der Waals surface area contributed by atoms with Crippen molar-refractivity contribution >= 4 is 29.1 Å². The van der Waals surface area contributed by atoms with Crippen molar-refractivity contribution in [2.45, 2.75) is 22.9 Å². The van der Waals surface area contributed by atoms with Gasteiger partial charge < -0.3 is 9.84 Å². The van der Waals surface area contributed by atoms with Crippen LogP contribution in [0.4, 0.5) is 4.39 Å². The van der Waals surface area contributed by atoms with E-state index in [9.17, 15) is 9.18 Å². The van der Waals surface area contributed by atoms with Crippen molar-refractivity contribution in [3.8, 4) is 28.1 Å². The van der Waals surface area contributed by atoms with E-state index in [1.165, 1.54) is 22.6 Å². The number of carboxylic acids is 1. The van der Waals surface area contributed by atoms with Crippen molar-refractivity contribution in [2.24, 2.45) is 0 Å². The van der Waals surface area contributed by atoms with Gasteiger partial charge in [0.05, 0.1) is 5.69 Å². The molecule has 0 unspecified atom stereocenters. The third kappa shape index (κ3) is 4.65. The Bertz CT molecular complexity index is 1320. The van der Waals surface area contributed by atoms with Gasteiger partial charge in [-0.3, -0.25) is 0 Å². The fraction of sp³-hybridized carbons (Fsp3) is 0.154. The zero-order valence-corrected chi connectivity index (χ0v) is 19.2. The van der Waals surface area contributed by atoms with Gasteiger partial charge in [0.15, 0.2) is 10.9 Å². The Hall–Kier alpha value is -3.16. The summed E-state index contributed by atoms with van der Waals surface area (Å²) >= 11 is 3.41. The minimum Gasteiger partial charge on any atom is -0.482 e. The molecular weight excluding hydrogens is 457 g/mol. The molecule has 0 bridgehead atoms. The number of ether oxygens (including phenoxy) is 1. The lowest BCUT2D eigenvalue weighted by Gasteiger charge is -2.18. The predicted molar refractivity (Wildman–Crippen MR) is 129 cm³/mol. The van der Waals surface area contributed by atoms with Gasteiger partial charge in [-0.05, 0) is 47.7 Å². The normalized spacial score (nSPS) is 12.2. The van der Waals surface area contributed by atoms with Gasteiger partial charge in [-0.1, -0.05) is 60.3 Å². The molecule has 1 aliphatic carbocycles. The van der Waals surface area contributed by atoms with Crippen LogP contribution in [0, 0.1) is 5.82 Å². The van der Waals surface area contributed by atoms with Gasteiger partial charge in [0.25, 0.3) is 0 Å². The SMILES string of the molecule is O=C(O)COc1cccc2c1CCc1sc(SCc3ccccc3-c3ccc(F)cc3)nc1-2. The monoisotopic (exact) mass is 477 g/mol. The number of aliphatic carboxylic acids is 1. The van der Waals surface area contributed by atoms with E-state index in [4.69, 9.17) is 14.8 Å². The third-order valence-corrected chi connectivity index (χ3v) is 7.85. The van der Waals surface area contributed by atoms with Crippen molar-refractivity contribution in [1.29, 1.82) is 0 Å². The number of aromatic nitrogens is 1. The molecular formula is C26H20FNO3S2. The minimum absolute atomic E-state index is 0.240. The minimum atomic E-state index is -0.989. The lowest BCUT2D eigenvalue weighted by Crippen LogP contribution is -2.12. The average molecular weight is 478 g/mol. The number of benzene rings is 3. The molecule has 166 valence electrons. The zero-order chi connectivity index (χ0) is 22.8. The molecule has 0 amide bonds. The van der Waals surface area contributed by atoms with Crippen LogP contribution >= 0.6 is 23.1 Å². The first-order chi connectivity index (χ1) is 16.1. The maximum Gasteiger partial charge on any atom is 0.341 e. The second-order valence-electron chi connectivity index (χ2n) is 7.67. The molecule has 0 saturated heterocycles. The summed E-state index contributed by atoms with van der Waals surface area (Å²) in [6.07, 6.45) is 1.66. The van der Waals surface area contributed by atoms with Crippen molar-refractivity contribution in [1.82, 2.24) is 4.98 Å². The van der Waals surface area contributed by atoms with E-state index in [2.05, 4.69) is 12.1 Å². The maximum absolute atomic E-state index is 13.3. The first-order valence-corrected chi connectivity index (χ1v) is 12.3.